The second kappa shape index (κ2) is 34.6. The molecule has 0 spiro atoms. The van der Waals surface area contributed by atoms with Crippen molar-refractivity contribution in [2.75, 3.05) is 13.2 Å². The highest BCUT2D eigenvalue weighted by Gasteiger charge is 2.30. The van der Waals surface area contributed by atoms with Crippen LogP contribution in [0.15, 0.2) is 0 Å². The molecule has 0 saturated heterocycles. The number of alkyl carbamates (subject to hydrolysis) is 1. The Bertz CT molecular complexity index is 692. The SMILES string of the molecule is CCCCCCCCCCCCCCCCCC(CCCCCCCCCCCCCC)OC(=O)NCC(=O)[C@@H](O)[C@H](O)[C@H](O)CO. The van der Waals surface area contributed by atoms with Gasteiger partial charge in [0.15, 0.2) is 5.78 Å². The molecule has 8 heteroatoms. The van der Waals surface area contributed by atoms with E-state index in [4.69, 9.17) is 9.84 Å². The summed E-state index contributed by atoms with van der Waals surface area (Å²) < 4.78 is 5.69. The van der Waals surface area contributed by atoms with Crippen LogP contribution in [0.1, 0.15) is 200 Å². The molecule has 280 valence electrons. The zero-order valence-electron chi connectivity index (χ0n) is 30.7. The van der Waals surface area contributed by atoms with Crippen molar-refractivity contribution in [3.05, 3.63) is 0 Å². The van der Waals surface area contributed by atoms with E-state index in [0.717, 1.165) is 38.5 Å². The summed E-state index contributed by atoms with van der Waals surface area (Å²) in [5.74, 6) is -0.859. The molecule has 47 heavy (non-hydrogen) atoms. The first kappa shape index (κ1) is 45.8. The molecule has 0 aliphatic rings. The fraction of sp³-hybridized carbons (Fsp3) is 0.949. The highest BCUT2D eigenvalue weighted by atomic mass is 16.6. The predicted molar refractivity (Wildman–Crippen MR) is 194 cm³/mol. The Labute approximate surface area is 289 Å². The van der Waals surface area contributed by atoms with Crippen molar-refractivity contribution in [1.29, 1.82) is 0 Å². The van der Waals surface area contributed by atoms with Gasteiger partial charge in [0.05, 0.1) is 13.2 Å². The Balaban J connectivity index is 4.30. The molecule has 0 heterocycles. The molecular weight excluding hydrogens is 594 g/mol. The monoisotopic (exact) mass is 672 g/mol. The van der Waals surface area contributed by atoms with Gasteiger partial charge in [0.25, 0.3) is 0 Å². The fourth-order valence-electron chi connectivity index (χ4n) is 6.18. The molecule has 0 saturated carbocycles. The summed E-state index contributed by atoms with van der Waals surface area (Å²) in [6.07, 6.45) is 30.1. The molecule has 0 aromatic heterocycles. The average molecular weight is 672 g/mol. The van der Waals surface area contributed by atoms with Crippen LogP contribution < -0.4 is 5.32 Å². The van der Waals surface area contributed by atoms with Crippen LogP contribution >= 0.6 is 0 Å². The number of carbonyl (C=O) groups excluding carboxylic acids is 2. The number of rotatable bonds is 36. The molecule has 0 aliphatic heterocycles. The van der Waals surface area contributed by atoms with Gasteiger partial charge >= 0.3 is 6.09 Å². The second-order valence-electron chi connectivity index (χ2n) is 13.9. The number of carbonyl (C=O) groups is 2. The summed E-state index contributed by atoms with van der Waals surface area (Å²) in [5.41, 5.74) is 0. The van der Waals surface area contributed by atoms with Crippen molar-refractivity contribution in [3.8, 4) is 0 Å². The Kier molecular flexibility index (Phi) is 33.7. The minimum absolute atomic E-state index is 0.220. The lowest BCUT2D eigenvalue weighted by Crippen LogP contribution is -2.47. The number of amides is 1. The van der Waals surface area contributed by atoms with E-state index in [9.17, 15) is 24.9 Å². The van der Waals surface area contributed by atoms with Crippen LogP contribution in [0.2, 0.25) is 0 Å². The zero-order valence-corrected chi connectivity index (χ0v) is 30.7. The number of hydrogen-bond donors (Lipinski definition) is 5. The third-order valence-electron chi connectivity index (χ3n) is 9.42. The summed E-state index contributed by atoms with van der Waals surface area (Å²) in [5, 5.41) is 40.4. The maximum Gasteiger partial charge on any atom is 0.407 e. The number of ether oxygens (including phenoxy) is 1. The van der Waals surface area contributed by atoms with E-state index in [2.05, 4.69) is 19.2 Å². The van der Waals surface area contributed by atoms with Gasteiger partial charge in [0.2, 0.25) is 0 Å². The highest BCUT2D eigenvalue weighted by molar-refractivity contribution is 5.88. The van der Waals surface area contributed by atoms with Crippen LogP contribution in [0, 0.1) is 0 Å². The number of ketones is 1. The van der Waals surface area contributed by atoms with Gasteiger partial charge in [-0.25, -0.2) is 4.79 Å². The van der Waals surface area contributed by atoms with Gasteiger partial charge in [-0.3, -0.25) is 4.79 Å². The van der Waals surface area contributed by atoms with Crippen molar-refractivity contribution in [1.82, 2.24) is 5.32 Å². The summed E-state index contributed by atoms with van der Waals surface area (Å²) >= 11 is 0. The normalized spacial score (nSPS) is 14.1. The predicted octanol–water partition coefficient (Wildman–Crippen LogP) is 9.08. The van der Waals surface area contributed by atoms with E-state index >= 15 is 0 Å². The molecule has 0 aliphatic carbocycles. The average Bonchev–Trinajstić information content (AvgIpc) is 3.08. The Hall–Kier alpha value is -1.22. The van der Waals surface area contributed by atoms with Crippen molar-refractivity contribution in [2.24, 2.45) is 0 Å². The smallest absolute Gasteiger partial charge is 0.407 e. The summed E-state index contributed by atoms with van der Waals surface area (Å²) in [6, 6.07) is 0. The minimum Gasteiger partial charge on any atom is -0.446 e. The molecule has 0 rings (SSSR count). The molecule has 0 aromatic rings. The molecule has 1 amide bonds. The first-order valence-corrected chi connectivity index (χ1v) is 20.0. The van der Waals surface area contributed by atoms with Gasteiger partial charge in [-0.1, -0.05) is 174 Å². The molecule has 0 fully saturated rings. The van der Waals surface area contributed by atoms with Crippen LogP contribution in [-0.4, -0.2) is 69.9 Å². The lowest BCUT2D eigenvalue weighted by Gasteiger charge is -2.21. The summed E-state index contributed by atoms with van der Waals surface area (Å²) in [7, 11) is 0. The molecule has 5 N–H and O–H groups in total. The van der Waals surface area contributed by atoms with Crippen molar-refractivity contribution in [2.45, 2.75) is 224 Å². The van der Waals surface area contributed by atoms with Crippen LogP contribution in [0.3, 0.4) is 0 Å². The molecule has 0 bridgehead atoms. The molecule has 0 radical (unpaired) electrons. The number of unbranched alkanes of at least 4 members (excludes halogenated alkanes) is 25. The van der Waals surface area contributed by atoms with Gasteiger partial charge in [0.1, 0.15) is 24.4 Å². The van der Waals surface area contributed by atoms with E-state index in [1.807, 2.05) is 0 Å². The quantitative estimate of drug-likeness (QED) is 0.0419. The van der Waals surface area contributed by atoms with E-state index in [-0.39, 0.29) is 6.10 Å². The number of aliphatic hydroxyl groups excluding tert-OH is 4. The molecule has 4 atom stereocenters. The number of hydrogen-bond acceptors (Lipinski definition) is 7. The minimum atomic E-state index is -1.91. The maximum atomic E-state index is 12.5. The van der Waals surface area contributed by atoms with Gasteiger partial charge < -0.3 is 30.5 Å². The number of aliphatic hydroxyl groups is 4. The van der Waals surface area contributed by atoms with Crippen LogP contribution in [0.25, 0.3) is 0 Å². The Morgan fingerprint density at radius 3 is 1.17 bits per heavy atom. The van der Waals surface area contributed by atoms with Gasteiger partial charge in [-0.05, 0) is 25.7 Å². The first-order valence-electron chi connectivity index (χ1n) is 20.0. The van der Waals surface area contributed by atoms with Crippen molar-refractivity contribution >= 4 is 11.9 Å². The van der Waals surface area contributed by atoms with Crippen molar-refractivity contribution < 1.29 is 34.8 Å². The molecule has 8 nitrogen and oxygen atoms in total. The Morgan fingerprint density at radius 1 is 0.532 bits per heavy atom. The van der Waals surface area contributed by atoms with Gasteiger partial charge in [-0.2, -0.15) is 0 Å². The largest absolute Gasteiger partial charge is 0.446 e. The van der Waals surface area contributed by atoms with E-state index in [1.165, 1.54) is 148 Å². The maximum absolute atomic E-state index is 12.5. The van der Waals surface area contributed by atoms with Crippen LogP contribution in [-0.2, 0) is 9.53 Å². The third kappa shape index (κ3) is 29.4. The lowest BCUT2D eigenvalue weighted by molar-refractivity contribution is -0.139. The number of nitrogens with one attached hydrogen (secondary N) is 1. The van der Waals surface area contributed by atoms with Crippen LogP contribution in [0.5, 0.6) is 0 Å². The van der Waals surface area contributed by atoms with Crippen molar-refractivity contribution in [3.63, 3.8) is 0 Å². The standard InChI is InChI=1S/C39H77NO7/c1-3-5-7-9-11-13-15-17-18-19-21-23-25-27-29-31-34(30-28-26-24-22-20-16-14-12-10-8-6-4-2)47-39(46)40-32-35(42)37(44)38(45)36(43)33-41/h34,36-38,41,43-45H,3-33H2,1-2H3,(H,40,46)/t34?,36-,37-,38-/m1/s1. The third-order valence-corrected chi connectivity index (χ3v) is 9.42. The van der Waals surface area contributed by atoms with Gasteiger partial charge in [-0.15, -0.1) is 0 Å². The van der Waals surface area contributed by atoms with Crippen LogP contribution in [0.4, 0.5) is 4.79 Å². The molecule has 0 aromatic carbocycles. The first-order chi connectivity index (χ1) is 22.9. The lowest BCUT2D eigenvalue weighted by atomic mass is 10.0. The van der Waals surface area contributed by atoms with E-state index < -0.39 is 43.3 Å². The fourth-order valence-corrected chi connectivity index (χ4v) is 6.18. The second-order valence-corrected chi connectivity index (χ2v) is 13.9. The van der Waals surface area contributed by atoms with Gasteiger partial charge in [0, 0.05) is 0 Å². The van der Waals surface area contributed by atoms with E-state index in [1.54, 1.807) is 0 Å². The van der Waals surface area contributed by atoms with E-state index in [0.29, 0.717) is 0 Å². The Morgan fingerprint density at radius 2 is 0.851 bits per heavy atom. The zero-order chi connectivity index (χ0) is 34.8. The molecule has 1 unspecified atom stereocenters. The number of Topliss-reactive ketones (excluding diaryl/α,β-unsaturated/α-hetero) is 1. The molecular formula is C39H77NO7. The topological polar surface area (TPSA) is 136 Å². The summed E-state index contributed by atoms with van der Waals surface area (Å²) in [6.45, 7) is 3.20. The summed E-state index contributed by atoms with van der Waals surface area (Å²) in [4.78, 5) is 24.6. The highest BCUT2D eigenvalue weighted by Crippen LogP contribution is 2.19.